The molecule has 3 saturated heterocycles. The topological polar surface area (TPSA) is 9.72 Å². The molecule has 3 nitrogen and oxygen atoms in total. The van der Waals surface area contributed by atoms with E-state index in [2.05, 4.69) is 49.3 Å². The molecule has 3 rings (SSSR count). The Labute approximate surface area is 138 Å². The van der Waals surface area contributed by atoms with Gasteiger partial charge in [-0.1, -0.05) is 0 Å². The van der Waals surface area contributed by atoms with Crippen molar-refractivity contribution in [2.45, 2.75) is 59.0 Å². The lowest BCUT2D eigenvalue weighted by Crippen LogP contribution is -2.43. The van der Waals surface area contributed by atoms with E-state index in [4.69, 9.17) is 0 Å². The standard InChI is InChI=1S/C19H37N3/c1-15(2)21-8-6-16(7-9-21)10-20-11-17-13-22(19(3,4)5)14-18(17)12-20/h15-18H,6-14H2,1-5H3. The Bertz CT molecular complexity index is 351. The largest absolute Gasteiger partial charge is 0.302 e. The highest BCUT2D eigenvalue weighted by atomic mass is 15.3. The zero-order valence-electron chi connectivity index (χ0n) is 15.5. The minimum atomic E-state index is 0.360. The summed E-state index contributed by atoms with van der Waals surface area (Å²) in [4.78, 5) is 8.16. The number of likely N-dealkylation sites (tertiary alicyclic amines) is 3. The van der Waals surface area contributed by atoms with Crippen molar-refractivity contribution < 1.29 is 0 Å². The quantitative estimate of drug-likeness (QED) is 0.794. The van der Waals surface area contributed by atoms with Crippen LogP contribution in [-0.2, 0) is 0 Å². The van der Waals surface area contributed by atoms with Crippen LogP contribution < -0.4 is 0 Å². The van der Waals surface area contributed by atoms with Crippen molar-refractivity contribution in [3.8, 4) is 0 Å². The summed E-state index contributed by atoms with van der Waals surface area (Å²) in [6.45, 7) is 21.2. The number of piperidine rings is 1. The van der Waals surface area contributed by atoms with E-state index in [-0.39, 0.29) is 0 Å². The summed E-state index contributed by atoms with van der Waals surface area (Å²) in [6.07, 6.45) is 2.83. The second kappa shape index (κ2) is 6.41. The SMILES string of the molecule is CC(C)N1CCC(CN2CC3CN(C(C)(C)C)CC3C2)CC1. The Morgan fingerprint density at radius 3 is 1.91 bits per heavy atom. The number of hydrogen-bond donors (Lipinski definition) is 0. The van der Waals surface area contributed by atoms with Gasteiger partial charge < -0.3 is 9.80 Å². The van der Waals surface area contributed by atoms with Gasteiger partial charge >= 0.3 is 0 Å². The summed E-state index contributed by atoms with van der Waals surface area (Å²) in [6, 6.07) is 0.732. The lowest BCUT2D eigenvalue weighted by molar-refractivity contribution is 0.117. The summed E-state index contributed by atoms with van der Waals surface area (Å²) in [5.74, 6) is 2.83. The van der Waals surface area contributed by atoms with Gasteiger partial charge in [-0.2, -0.15) is 0 Å². The van der Waals surface area contributed by atoms with Gasteiger partial charge in [-0.15, -0.1) is 0 Å². The van der Waals surface area contributed by atoms with Crippen LogP contribution in [0.25, 0.3) is 0 Å². The van der Waals surface area contributed by atoms with Gasteiger partial charge in [-0.05, 0) is 78.3 Å². The molecule has 3 heteroatoms. The van der Waals surface area contributed by atoms with E-state index in [9.17, 15) is 0 Å². The van der Waals surface area contributed by atoms with Crippen LogP contribution >= 0.6 is 0 Å². The molecule has 2 unspecified atom stereocenters. The molecule has 3 heterocycles. The summed E-state index contributed by atoms with van der Waals surface area (Å²) in [7, 11) is 0. The first-order valence-corrected chi connectivity index (χ1v) is 9.54. The number of nitrogens with zero attached hydrogens (tertiary/aromatic N) is 3. The predicted molar refractivity (Wildman–Crippen MR) is 94.2 cm³/mol. The maximum Gasteiger partial charge on any atom is 0.0125 e. The molecule has 0 aromatic heterocycles. The van der Waals surface area contributed by atoms with E-state index in [0.717, 1.165) is 23.8 Å². The molecule has 0 amide bonds. The van der Waals surface area contributed by atoms with Gasteiger partial charge in [0.1, 0.15) is 0 Å². The molecule has 22 heavy (non-hydrogen) atoms. The van der Waals surface area contributed by atoms with Gasteiger partial charge in [-0.25, -0.2) is 0 Å². The van der Waals surface area contributed by atoms with Gasteiger partial charge in [0.15, 0.2) is 0 Å². The second-order valence-corrected chi connectivity index (χ2v) is 9.39. The Kier molecular flexibility index (Phi) is 4.87. The molecule has 2 atom stereocenters. The second-order valence-electron chi connectivity index (χ2n) is 9.39. The van der Waals surface area contributed by atoms with Crippen LogP contribution in [0.3, 0.4) is 0 Å². The molecule has 0 aromatic carbocycles. The molecular formula is C19H37N3. The highest BCUT2D eigenvalue weighted by Crippen LogP contribution is 2.35. The Morgan fingerprint density at radius 1 is 0.909 bits per heavy atom. The van der Waals surface area contributed by atoms with Gasteiger partial charge in [0.2, 0.25) is 0 Å². The van der Waals surface area contributed by atoms with Gasteiger partial charge in [0.25, 0.3) is 0 Å². The molecule has 0 N–H and O–H groups in total. The molecule has 128 valence electrons. The van der Waals surface area contributed by atoms with Gasteiger partial charge in [-0.3, -0.25) is 4.90 Å². The van der Waals surface area contributed by atoms with Crippen LogP contribution in [0.15, 0.2) is 0 Å². The minimum absolute atomic E-state index is 0.360. The van der Waals surface area contributed by atoms with E-state index < -0.39 is 0 Å². The maximum atomic E-state index is 2.80. The van der Waals surface area contributed by atoms with E-state index in [1.807, 2.05) is 0 Å². The Balaban J connectivity index is 1.43. The highest BCUT2D eigenvalue weighted by molar-refractivity contribution is 4.97. The summed E-state index contributed by atoms with van der Waals surface area (Å²) in [5, 5.41) is 0. The van der Waals surface area contributed by atoms with Crippen LogP contribution in [0.1, 0.15) is 47.5 Å². The molecule has 0 aliphatic carbocycles. The first kappa shape index (κ1) is 16.7. The predicted octanol–water partition coefficient (Wildman–Crippen LogP) is 2.77. The molecule has 0 radical (unpaired) electrons. The Morgan fingerprint density at radius 2 is 1.45 bits per heavy atom. The highest BCUT2D eigenvalue weighted by Gasteiger charge is 2.43. The third-order valence-electron chi connectivity index (χ3n) is 6.41. The fourth-order valence-electron chi connectivity index (χ4n) is 4.80. The third kappa shape index (κ3) is 3.68. The molecule has 0 bridgehead atoms. The molecule has 0 spiro atoms. The van der Waals surface area contributed by atoms with Crippen molar-refractivity contribution in [3.05, 3.63) is 0 Å². The fourth-order valence-corrected chi connectivity index (χ4v) is 4.80. The fraction of sp³-hybridized carbons (Fsp3) is 1.00. The molecule has 3 fully saturated rings. The number of hydrogen-bond acceptors (Lipinski definition) is 3. The summed E-state index contributed by atoms with van der Waals surface area (Å²) in [5.41, 5.74) is 0.360. The lowest BCUT2D eigenvalue weighted by atomic mass is 9.95. The average molecular weight is 308 g/mol. The summed E-state index contributed by atoms with van der Waals surface area (Å²) >= 11 is 0. The van der Waals surface area contributed by atoms with E-state index in [1.54, 1.807) is 0 Å². The smallest absolute Gasteiger partial charge is 0.0125 e. The van der Waals surface area contributed by atoms with Gasteiger partial charge in [0.05, 0.1) is 0 Å². The third-order valence-corrected chi connectivity index (χ3v) is 6.41. The monoisotopic (exact) mass is 307 g/mol. The number of rotatable bonds is 3. The molecule has 3 aliphatic heterocycles. The van der Waals surface area contributed by atoms with Crippen LogP contribution in [0.2, 0.25) is 0 Å². The molecular weight excluding hydrogens is 270 g/mol. The van der Waals surface area contributed by atoms with Crippen molar-refractivity contribution in [3.63, 3.8) is 0 Å². The Hall–Kier alpha value is -0.120. The van der Waals surface area contributed by atoms with Crippen LogP contribution in [0.5, 0.6) is 0 Å². The van der Waals surface area contributed by atoms with Gasteiger partial charge in [0, 0.05) is 44.3 Å². The zero-order chi connectivity index (χ0) is 15.9. The first-order valence-electron chi connectivity index (χ1n) is 9.54. The zero-order valence-corrected chi connectivity index (χ0v) is 15.5. The molecule has 0 aromatic rings. The molecule has 0 saturated carbocycles. The first-order chi connectivity index (χ1) is 10.3. The minimum Gasteiger partial charge on any atom is -0.302 e. The van der Waals surface area contributed by atoms with Crippen LogP contribution in [0, 0.1) is 17.8 Å². The summed E-state index contributed by atoms with van der Waals surface area (Å²) < 4.78 is 0. The van der Waals surface area contributed by atoms with Crippen molar-refractivity contribution >= 4 is 0 Å². The lowest BCUT2D eigenvalue weighted by Gasteiger charge is -2.37. The van der Waals surface area contributed by atoms with Crippen molar-refractivity contribution in [1.29, 1.82) is 0 Å². The van der Waals surface area contributed by atoms with Crippen molar-refractivity contribution in [1.82, 2.24) is 14.7 Å². The normalized spacial score (nSPS) is 33.0. The van der Waals surface area contributed by atoms with E-state index in [0.29, 0.717) is 5.54 Å². The average Bonchev–Trinajstić information content (AvgIpc) is 2.96. The maximum absolute atomic E-state index is 2.80. The van der Waals surface area contributed by atoms with Crippen LogP contribution in [0.4, 0.5) is 0 Å². The van der Waals surface area contributed by atoms with E-state index in [1.165, 1.54) is 58.7 Å². The van der Waals surface area contributed by atoms with Crippen molar-refractivity contribution in [2.75, 3.05) is 45.8 Å². The van der Waals surface area contributed by atoms with Crippen LogP contribution in [-0.4, -0.2) is 72.1 Å². The van der Waals surface area contributed by atoms with Crippen molar-refractivity contribution in [2.24, 2.45) is 17.8 Å². The molecule has 3 aliphatic rings. The van der Waals surface area contributed by atoms with E-state index >= 15 is 0 Å². The number of fused-ring (bicyclic) bond motifs is 1.